The van der Waals surface area contributed by atoms with Crippen LogP contribution in [0.2, 0.25) is 0 Å². The summed E-state index contributed by atoms with van der Waals surface area (Å²) in [6.07, 6.45) is -3.59. The maximum absolute atomic E-state index is 12.1. The molecule has 1 heterocycles. The van der Waals surface area contributed by atoms with Gasteiger partial charge in [-0.2, -0.15) is 13.2 Å². The van der Waals surface area contributed by atoms with Crippen LogP contribution in [0, 0.1) is 11.8 Å². The Hall–Kier alpha value is -0.580. The van der Waals surface area contributed by atoms with Crippen LogP contribution >= 0.6 is 0 Å². The number of rotatable bonds is 3. The number of carbonyl (C=O) groups excluding carboxylic acids is 1. The number of ketones is 1. The van der Waals surface area contributed by atoms with E-state index in [2.05, 4.69) is 0 Å². The van der Waals surface area contributed by atoms with E-state index in [9.17, 15) is 18.0 Å². The van der Waals surface area contributed by atoms with Crippen molar-refractivity contribution in [1.82, 2.24) is 4.90 Å². The van der Waals surface area contributed by atoms with Gasteiger partial charge in [0.1, 0.15) is 5.78 Å². The molecule has 0 unspecified atom stereocenters. The van der Waals surface area contributed by atoms with Crippen LogP contribution < -0.4 is 0 Å². The van der Waals surface area contributed by atoms with E-state index < -0.39 is 12.7 Å². The van der Waals surface area contributed by atoms with Gasteiger partial charge in [-0.3, -0.25) is 9.69 Å². The number of alkyl halides is 3. The molecule has 0 radical (unpaired) electrons. The molecular weight excluding hydrogens is 207 g/mol. The van der Waals surface area contributed by atoms with Crippen LogP contribution in [0.5, 0.6) is 0 Å². The van der Waals surface area contributed by atoms with Gasteiger partial charge in [0.25, 0.3) is 0 Å². The SMILES string of the molecule is CC(C)C(=O)[C@H]1CCN(CC(F)(F)F)C1. The number of Topliss-reactive ketones (excluding diaryl/α,β-unsaturated/α-hetero) is 1. The first-order valence-corrected chi connectivity index (χ1v) is 5.12. The molecule has 2 nitrogen and oxygen atoms in total. The Morgan fingerprint density at radius 2 is 2.07 bits per heavy atom. The molecule has 1 fully saturated rings. The largest absolute Gasteiger partial charge is 0.401 e. The van der Waals surface area contributed by atoms with Crippen molar-refractivity contribution in [3.63, 3.8) is 0 Å². The molecule has 0 saturated carbocycles. The van der Waals surface area contributed by atoms with E-state index in [1.165, 1.54) is 4.90 Å². The third-order valence-corrected chi connectivity index (χ3v) is 2.65. The summed E-state index contributed by atoms with van der Waals surface area (Å²) >= 11 is 0. The molecule has 1 atom stereocenters. The van der Waals surface area contributed by atoms with Crippen LogP contribution in [0.25, 0.3) is 0 Å². The molecule has 0 bridgehead atoms. The van der Waals surface area contributed by atoms with Crippen LogP contribution in [0.1, 0.15) is 20.3 Å². The minimum atomic E-state index is -4.16. The third-order valence-electron chi connectivity index (χ3n) is 2.65. The molecule has 1 aliphatic heterocycles. The van der Waals surface area contributed by atoms with Crippen molar-refractivity contribution in [2.24, 2.45) is 11.8 Å². The van der Waals surface area contributed by atoms with Crippen molar-refractivity contribution in [2.45, 2.75) is 26.4 Å². The predicted molar refractivity (Wildman–Crippen MR) is 50.4 cm³/mol. The first-order chi connectivity index (χ1) is 6.79. The van der Waals surface area contributed by atoms with E-state index in [1.54, 1.807) is 13.8 Å². The Morgan fingerprint density at radius 1 is 1.47 bits per heavy atom. The van der Waals surface area contributed by atoms with E-state index in [0.717, 1.165) is 0 Å². The molecule has 88 valence electrons. The first-order valence-electron chi connectivity index (χ1n) is 5.12. The Bertz CT molecular complexity index is 237. The molecule has 0 amide bonds. The van der Waals surface area contributed by atoms with Crippen molar-refractivity contribution < 1.29 is 18.0 Å². The van der Waals surface area contributed by atoms with Crippen molar-refractivity contribution >= 4 is 5.78 Å². The molecule has 0 spiro atoms. The number of carbonyl (C=O) groups is 1. The van der Waals surface area contributed by atoms with Crippen molar-refractivity contribution in [3.05, 3.63) is 0 Å². The summed E-state index contributed by atoms with van der Waals surface area (Å²) in [4.78, 5) is 12.9. The lowest BCUT2D eigenvalue weighted by Gasteiger charge is -2.17. The van der Waals surface area contributed by atoms with Gasteiger partial charge in [-0.1, -0.05) is 13.8 Å². The number of hydrogen-bond donors (Lipinski definition) is 0. The highest BCUT2D eigenvalue weighted by molar-refractivity contribution is 5.83. The van der Waals surface area contributed by atoms with Crippen LogP contribution in [0.3, 0.4) is 0 Å². The highest BCUT2D eigenvalue weighted by Crippen LogP contribution is 2.24. The molecule has 0 aromatic rings. The van der Waals surface area contributed by atoms with E-state index >= 15 is 0 Å². The Labute approximate surface area is 87.4 Å². The summed E-state index contributed by atoms with van der Waals surface area (Å²) in [5.41, 5.74) is 0. The second-order valence-corrected chi connectivity index (χ2v) is 4.39. The smallest absolute Gasteiger partial charge is 0.299 e. The fourth-order valence-electron chi connectivity index (χ4n) is 1.93. The summed E-state index contributed by atoms with van der Waals surface area (Å²) in [6, 6.07) is 0. The summed E-state index contributed by atoms with van der Waals surface area (Å²) in [7, 11) is 0. The summed E-state index contributed by atoms with van der Waals surface area (Å²) in [5, 5.41) is 0. The first kappa shape index (κ1) is 12.5. The lowest BCUT2D eigenvalue weighted by atomic mass is 9.95. The third kappa shape index (κ3) is 3.81. The maximum atomic E-state index is 12.1. The van der Waals surface area contributed by atoms with Gasteiger partial charge in [0.15, 0.2) is 0 Å². The van der Waals surface area contributed by atoms with E-state index in [4.69, 9.17) is 0 Å². The van der Waals surface area contributed by atoms with Gasteiger partial charge in [-0.25, -0.2) is 0 Å². The number of halogens is 3. The summed E-state index contributed by atoms with van der Waals surface area (Å²) < 4.78 is 36.2. The van der Waals surface area contributed by atoms with Crippen LogP contribution in [0.4, 0.5) is 13.2 Å². The molecule has 0 aliphatic carbocycles. The molecule has 1 rings (SSSR count). The van der Waals surface area contributed by atoms with E-state index in [-0.39, 0.29) is 24.2 Å². The standard InChI is InChI=1S/C10H16F3NO/c1-7(2)9(15)8-3-4-14(5-8)6-10(11,12)13/h7-8H,3-6H2,1-2H3/t8-/m0/s1. The fraction of sp³-hybridized carbons (Fsp3) is 0.900. The zero-order valence-corrected chi connectivity index (χ0v) is 8.97. The quantitative estimate of drug-likeness (QED) is 0.730. The molecule has 0 aromatic heterocycles. The number of hydrogen-bond acceptors (Lipinski definition) is 2. The monoisotopic (exact) mass is 223 g/mol. The summed E-state index contributed by atoms with van der Waals surface area (Å²) in [5.74, 6) is -0.201. The van der Waals surface area contributed by atoms with Gasteiger partial charge in [0.2, 0.25) is 0 Å². The second-order valence-electron chi connectivity index (χ2n) is 4.39. The van der Waals surface area contributed by atoms with Crippen LogP contribution in [-0.4, -0.2) is 36.5 Å². The van der Waals surface area contributed by atoms with Gasteiger partial charge in [-0.15, -0.1) is 0 Å². The van der Waals surface area contributed by atoms with Crippen molar-refractivity contribution in [3.8, 4) is 0 Å². The van der Waals surface area contributed by atoms with E-state index in [0.29, 0.717) is 13.0 Å². The second kappa shape index (κ2) is 4.51. The Morgan fingerprint density at radius 3 is 2.53 bits per heavy atom. The van der Waals surface area contributed by atoms with E-state index in [1.807, 2.05) is 0 Å². The minimum Gasteiger partial charge on any atom is -0.299 e. The Kier molecular flexibility index (Phi) is 3.76. The average Bonchev–Trinajstić information content (AvgIpc) is 2.48. The highest BCUT2D eigenvalue weighted by Gasteiger charge is 2.36. The van der Waals surface area contributed by atoms with Crippen LogP contribution in [0.15, 0.2) is 0 Å². The predicted octanol–water partition coefficient (Wildman–Crippen LogP) is 2.10. The van der Waals surface area contributed by atoms with Gasteiger partial charge in [-0.05, 0) is 13.0 Å². The molecule has 15 heavy (non-hydrogen) atoms. The molecule has 1 aliphatic rings. The topological polar surface area (TPSA) is 20.3 Å². The van der Waals surface area contributed by atoms with Gasteiger partial charge in [0.05, 0.1) is 6.54 Å². The van der Waals surface area contributed by atoms with Crippen LogP contribution in [-0.2, 0) is 4.79 Å². The molecule has 0 aromatic carbocycles. The van der Waals surface area contributed by atoms with Crippen molar-refractivity contribution in [2.75, 3.05) is 19.6 Å². The van der Waals surface area contributed by atoms with Gasteiger partial charge < -0.3 is 0 Å². The lowest BCUT2D eigenvalue weighted by Crippen LogP contribution is -2.33. The zero-order chi connectivity index (χ0) is 11.6. The number of nitrogens with zero attached hydrogens (tertiary/aromatic N) is 1. The molecule has 1 saturated heterocycles. The van der Waals surface area contributed by atoms with Gasteiger partial charge >= 0.3 is 6.18 Å². The number of likely N-dealkylation sites (tertiary alicyclic amines) is 1. The Balaban J connectivity index is 2.43. The lowest BCUT2D eigenvalue weighted by molar-refractivity contribution is -0.144. The fourth-order valence-corrected chi connectivity index (χ4v) is 1.93. The minimum absolute atomic E-state index is 0.0826. The summed E-state index contributed by atoms with van der Waals surface area (Å²) in [6.45, 7) is 3.32. The highest BCUT2D eigenvalue weighted by atomic mass is 19.4. The zero-order valence-electron chi connectivity index (χ0n) is 8.97. The van der Waals surface area contributed by atoms with Gasteiger partial charge in [0, 0.05) is 18.4 Å². The van der Waals surface area contributed by atoms with Crippen molar-refractivity contribution in [1.29, 1.82) is 0 Å². The molecule has 5 heteroatoms. The average molecular weight is 223 g/mol. The maximum Gasteiger partial charge on any atom is 0.401 e. The molecular formula is C10H16F3NO. The normalized spacial score (nSPS) is 23.7. The molecule has 0 N–H and O–H groups in total.